The lowest BCUT2D eigenvalue weighted by Gasteiger charge is -2.23. The van der Waals surface area contributed by atoms with Crippen LogP contribution >= 0.6 is 0 Å². The Morgan fingerprint density at radius 1 is 0.952 bits per heavy atom. The second-order valence-electron chi connectivity index (χ2n) is 4.83. The predicted molar refractivity (Wildman–Crippen MR) is 83.7 cm³/mol. The van der Waals surface area contributed by atoms with E-state index in [1.54, 1.807) is 0 Å². The van der Waals surface area contributed by atoms with Crippen molar-refractivity contribution in [2.75, 3.05) is 6.61 Å². The SMILES string of the molecule is CCOc1cccc(OC(CC)C(O)c2ccccc2)c1. The second-order valence-corrected chi connectivity index (χ2v) is 4.83. The standard InChI is InChI=1S/C18H22O3/c1-3-17(18(19)14-9-6-5-7-10-14)21-16-12-8-11-15(13-16)20-4-2/h5-13,17-19H,3-4H2,1-2H3. The first-order chi connectivity index (χ1) is 10.2. The van der Waals surface area contributed by atoms with Crippen molar-refractivity contribution < 1.29 is 14.6 Å². The van der Waals surface area contributed by atoms with Gasteiger partial charge in [0.1, 0.15) is 23.7 Å². The molecule has 0 spiro atoms. The first kappa shape index (κ1) is 15.4. The van der Waals surface area contributed by atoms with Crippen LogP contribution in [0.5, 0.6) is 11.5 Å². The maximum Gasteiger partial charge on any atom is 0.128 e. The molecule has 3 heteroatoms. The summed E-state index contributed by atoms with van der Waals surface area (Å²) >= 11 is 0. The molecular formula is C18H22O3. The molecule has 0 radical (unpaired) electrons. The Morgan fingerprint density at radius 3 is 2.33 bits per heavy atom. The first-order valence-electron chi connectivity index (χ1n) is 7.37. The lowest BCUT2D eigenvalue weighted by molar-refractivity contribution is 0.0330. The molecule has 0 aromatic heterocycles. The van der Waals surface area contributed by atoms with Gasteiger partial charge in [-0.05, 0) is 31.0 Å². The highest BCUT2D eigenvalue weighted by Crippen LogP contribution is 2.26. The molecule has 2 atom stereocenters. The molecule has 2 unspecified atom stereocenters. The fourth-order valence-corrected chi connectivity index (χ4v) is 2.21. The third-order valence-corrected chi connectivity index (χ3v) is 3.30. The highest BCUT2D eigenvalue weighted by atomic mass is 16.5. The highest BCUT2D eigenvalue weighted by Gasteiger charge is 2.21. The topological polar surface area (TPSA) is 38.7 Å². The number of aliphatic hydroxyl groups is 1. The summed E-state index contributed by atoms with van der Waals surface area (Å²) in [6.07, 6.45) is -0.217. The number of ether oxygens (including phenoxy) is 2. The molecule has 3 nitrogen and oxygen atoms in total. The zero-order valence-corrected chi connectivity index (χ0v) is 12.5. The van der Waals surface area contributed by atoms with Gasteiger partial charge in [-0.25, -0.2) is 0 Å². The van der Waals surface area contributed by atoms with Crippen LogP contribution in [-0.4, -0.2) is 17.8 Å². The van der Waals surface area contributed by atoms with E-state index in [2.05, 4.69) is 0 Å². The van der Waals surface area contributed by atoms with Gasteiger partial charge in [0.05, 0.1) is 6.61 Å². The van der Waals surface area contributed by atoms with Crippen molar-refractivity contribution in [2.45, 2.75) is 32.5 Å². The summed E-state index contributed by atoms with van der Waals surface area (Å²) in [7, 11) is 0. The third-order valence-electron chi connectivity index (χ3n) is 3.30. The Balaban J connectivity index is 2.10. The average Bonchev–Trinajstić information content (AvgIpc) is 2.53. The van der Waals surface area contributed by atoms with E-state index in [4.69, 9.17) is 9.47 Å². The summed E-state index contributed by atoms with van der Waals surface area (Å²) in [5.41, 5.74) is 0.866. The molecule has 2 rings (SSSR count). The van der Waals surface area contributed by atoms with Gasteiger partial charge in [0, 0.05) is 6.07 Å². The summed E-state index contributed by atoms with van der Waals surface area (Å²) in [5, 5.41) is 10.5. The molecule has 1 N–H and O–H groups in total. The number of benzene rings is 2. The minimum atomic E-state index is -0.646. The molecule has 0 saturated carbocycles. The minimum Gasteiger partial charge on any atom is -0.494 e. The van der Waals surface area contributed by atoms with Crippen molar-refractivity contribution in [3.63, 3.8) is 0 Å². The van der Waals surface area contributed by atoms with Crippen LogP contribution in [0.2, 0.25) is 0 Å². The number of hydrogen-bond acceptors (Lipinski definition) is 3. The Kier molecular flexibility index (Phi) is 5.64. The molecule has 0 aliphatic carbocycles. The Hall–Kier alpha value is -2.00. The zero-order chi connectivity index (χ0) is 15.1. The Labute approximate surface area is 126 Å². The van der Waals surface area contributed by atoms with Crippen LogP contribution < -0.4 is 9.47 Å². The average molecular weight is 286 g/mol. The van der Waals surface area contributed by atoms with Crippen LogP contribution in [0.3, 0.4) is 0 Å². The van der Waals surface area contributed by atoms with E-state index in [-0.39, 0.29) is 6.10 Å². The van der Waals surface area contributed by atoms with E-state index in [0.29, 0.717) is 12.4 Å². The molecule has 0 heterocycles. The Bertz CT molecular complexity index is 539. The normalized spacial score (nSPS) is 13.5. The smallest absolute Gasteiger partial charge is 0.128 e. The van der Waals surface area contributed by atoms with Gasteiger partial charge >= 0.3 is 0 Å². The van der Waals surface area contributed by atoms with Crippen molar-refractivity contribution >= 4 is 0 Å². The van der Waals surface area contributed by atoms with E-state index in [0.717, 1.165) is 17.7 Å². The minimum absolute atomic E-state index is 0.288. The summed E-state index contributed by atoms with van der Waals surface area (Å²) in [4.78, 5) is 0. The lowest BCUT2D eigenvalue weighted by atomic mass is 10.0. The monoisotopic (exact) mass is 286 g/mol. The number of hydrogen-bond donors (Lipinski definition) is 1. The summed E-state index contributed by atoms with van der Waals surface area (Å²) < 4.78 is 11.4. The molecular weight excluding hydrogens is 264 g/mol. The van der Waals surface area contributed by atoms with Gasteiger partial charge in [-0.3, -0.25) is 0 Å². The van der Waals surface area contributed by atoms with Crippen molar-refractivity contribution in [3.05, 3.63) is 60.2 Å². The molecule has 0 aliphatic heterocycles. The molecule has 0 saturated heterocycles. The van der Waals surface area contributed by atoms with Gasteiger partial charge in [-0.1, -0.05) is 43.3 Å². The highest BCUT2D eigenvalue weighted by molar-refractivity contribution is 5.33. The van der Waals surface area contributed by atoms with E-state index in [9.17, 15) is 5.11 Å². The predicted octanol–water partition coefficient (Wildman–Crippen LogP) is 3.98. The van der Waals surface area contributed by atoms with Crippen molar-refractivity contribution in [1.29, 1.82) is 0 Å². The van der Waals surface area contributed by atoms with Gasteiger partial charge in [0.15, 0.2) is 0 Å². The van der Waals surface area contributed by atoms with E-state index in [1.807, 2.05) is 68.4 Å². The summed E-state index contributed by atoms with van der Waals surface area (Å²) in [6, 6.07) is 17.1. The fraction of sp³-hybridized carbons (Fsp3) is 0.333. The van der Waals surface area contributed by atoms with Crippen LogP contribution in [0.15, 0.2) is 54.6 Å². The van der Waals surface area contributed by atoms with Crippen LogP contribution in [0.1, 0.15) is 31.9 Å². The summed E-state index contributed by atoms with van der Waals surface area (Å²) in [6.45, 7) is 4.57. The Morgan fingerprint density at radius 2 is 1.67 bits per heavy atom. The van der Waals surface area contributed by atoms with Crippen LogP contribution in [-0.2, 0) is 0 Å². The van der Waals surface area contributed by atoms with Crippen LogP contribution in [0.25, 0.3) is 0 Å². The van der Waals surface area contributed by atoms with E-state index in [1.165, 1.54) is 0 Å². The quantitative estimate of drug-likeness (QED) is 0.837. The molecule has 0 aliphatic rings. The van der Waals surface area contributed by atoms with E-state index < -0.39 is 6.10 Å². The largest absolute Gasteiger partial charge is 0.494 e. The zero-order valence-electron chi connectivity index (χ0n) is 12.5. The molecule has 0 fully saturated rings. The second kappa shape index (κ2) is 7.70. The van der Waals surface area contributed by atoms with Gasteiger partial charge in [0.2, 0.25) is 0 Å². The van der Waals surface area contributed by atoms with Gasteiger partial charge in [-0.15, -0.1) is 0 Å². The van der Waals surface area contributed by atoms with Crippen LogP contribution in [0, 0.1) is 0 Å². The number of rotatable bonds is 7. The van der Waals surface area contributed by atoms with Crippen molar-refractivity contribution in [2.24, 2.45) is 0 Å². The maximum absolute atomic E-state index is 10.5. The van der Waals surface area contributed by atoms with Gasteiger partial charge in [0.25, 0.3) is 0 Å². The van der Waals surface area contributed by atoms with Crippen LogP contribution in [0.4, 0.5) is 0 Å². The summed E-state index contributed by atoms with van der Waals surface area (Å²) in [5.74, 6) is 1.49. The van der Waals surface area contributed by atoms with Crippen molar-refractivity contribution in [3.8, 4) is 11.5 Å². The maximum atomic E-state index is 10.5. The van der Waals surface area contributed by atoms with E-state index >= 15 is 0 Å². The molecule has 2 aromatic carbocycles. The lowest BCUT2D eigenvalue weighted by Crippen LogP contribution is -2.24. The molecule has 0 bridgehead atoms. The first-order valence-corrected chi connectivity index (χ1v) is 7.37. The van der Waals surface area contributed by atoms with Gasteiger partial charge < -0.3 is 14.6 Å². The number of aliphatic hydroxyl groups excluding tert-OH is 1. The molecule has 112 valence electrons. The van der Waals surface area contributed by atoms with Crippen molar-refractivity contribution in [1.82, 2.24) is 0 Å². The third kappa shape index (κ3) is 4.23. The molecule has 21 heavy (non-hydrogen) atoms. The fourth-order valence-electron chi connectivity index (χ4n) is 2.21. The molecule has 0 amide bonds. The molecule has 2 aromatic rings. The van der Waals surface area contributed by atoms with Gasteiger partial charge in [-0.2, -0.15) is 0 Å².